The van der Waals surface area contributed by atoms with Gasteiger partial charge in [0.2, 0.25) is 0 Å². The Labute approximate surface area is 125 Å². The van der Waals surface area contributed by atoms with Gasteiger partial charge in [-0.3, -0.25) is 0 Å². The van der Waals surface area contributed by atoms with Crippen LogP contribution in [0.1, 0.15) is 12.0 Å². The number of nitrogens with zero attached hydrogens (tertiary/aromatic N) is 1. The molecule has 0 atom stereocenters. The molecule has 1 rings (SSSR count). The lowest BCUT2D eigenvalue weighted by Crippen LogP contribution is -2.20. The first-order valence-corrected chi connectivity index (χ1v) is 6.07. The highest BCUT2D eigenvalue weighted by Gasteiger charge is 1.93. The summed E-state index contributed by atoms with van der Waals surface area (Å²) in [5, 5.41) is 3.43. The zero-order valence-electron chi connectivity index (χ0n) is 10.3. The molecule has 0 aromatic heterocycles. The average Bonchev–Trinajstić information content (AvgIpc) is 2.20. The van der Waals surface area contributed by atoms with Gasteiger partial charge in [-0.2, -0.15) is 0 Å². The predicted octanol–water partition coefficient (Wildman–Crippen LogP) is 3.33. The van der Waals surface area contributed by atoms with Crippen molar-refractivity contribution in [2.45, 2.75) is 13.0 Å². The van der Waals surface area contributed by atoms with Gasteiger partial charge in [0.05, 0.1) is 0 Å². The molecule has 1 aromatic rings. The van der Waals surface area contributed by atoms with E-state index in [4.69, 9.17) is 0 Å². The molecule has 0 spiro atoms. The second-order valence-corrected chi connectivity index (χ2v) is 4.88. The van der Waals surface area contributed by atoms with Gasteiger partial charge in [-0.05, 0) is 51.3 Å². The number of benzene rings is 1. The van der Waals surface area contributed by atoms with E-state index >= 15 is 0 Å². The van der Waals surface area contributed by atoms with Crippen molar-refractivity contribution in [3.05, 3.63) is 34.3 Å². The highest BCUT2D eigenvalue weighted by atomic mass is 79.9. The molecule has 1 N–H and O–H groups in total. The fourth-order valence-corrected chi connectivity index (χ4v) is 1.62. The van der Waals surface area contributed by atoms with E-state index in [1.807, 2.05) is 0 Å². The fourth-order valence-electron chi connectivity index (χ4n) is 1.36. The van der Waals surface area contributed by atoms with Crippen LogP contribution in [0.25, 0.3) is 0 Å². The lowest BCUT2D eigenvalue weighted by atomic mass is 10.2. The molecule has 0 saturated heterocycles. The van der Waals surface area contributed by atoms with Crippen molar-refractivity contribution in [3.8, 4) is 0 Å². The minimum absolute atomic E-state index is 0. The fraction of sp³-hybridized carbons (Fsp3) is 0.500. The van der Waals surface area contributed by atoms with Gasteiger partial charge in [-0.25, -0.2) is 0 Å². The summed E-state index contributed by atoms with van der Waals surface area (Å²) in [6, 6.07) is 8.44. The van der Waals surface area contributed by atoms with E-state index in [0.717, 1.165) is 24.1 Å². The Bertz CT molecular complexity index is 278. The van der Waals surface area contributed by atoms with E-state index < -0.39 is 0 Å². The van der Waals surface area contributed by atoms with Crippen molar-refractivity contribution in [3.63, 3.8) is 0 Å². The third-order valence-electron chi connectivity index (χ3n) is 2.20. The average molecular weight is 344 g/mol. The number of nitrogens with one attached hydrogen (secondary N) is 1. The van der Waals surface area contributed by atoms with Crippen LogP contribution < -0.4 is 5.32 Å². The molecule has 0 fully saturated rings. The first kappa shape index (κ1) is 19.5. The van der Waals surface area contributed by atoms with E-state index in [1.54, 1.807) is 0 Å². The van der Waals surface area contributed by atoms with Crippen LogP contribution in [0.3, 0.4) is 0 Å². The SMILES string of the molecule is CN(C)CCCNCc1ccc(Br)cc1.Cl.Cl. The minimum Gasteiger partial charge on any atom is -0.313 e. The molecule has 0 amide bonds. The van der Waals surface area contributed by atoms with Gasteiger partial charge in [-0.1, -0.05) is 28.1 Å². The number of hydrogen-bond acceptors (Lipinski definition) is 2. The van der Waals surface area contributed by atoms with Crippen LogP contribution >= 0.6 is 40.7 Å². The van der Waals surface area contributed by atoms with Crippen LogP contribution in [-0.4, -0.2) is 32.1 Å². The first-order chi connectivity index (χ1) is 7.18. The first-order valence-electron chi connectivity index (χ1n) is 5.28. The van der Waals surface area contributed by atoms with Crippen LogP contribution in [-0.2, 0) is 6.54 Å². The van der Waals surface area contributed by atoms with Crippen molar-refractivity contribution in [2.24, 2.45) is 0 Å². The standard InChI is InChI=1S/C12H19BrN2.2ClH/c1-15(2)9-3-8-14-10-11-4-6-12(13)7-5-11;;/h4-7,14H,3,8-10H2,1-2H3;2*1H. The quantitative estimate of drug-likeness (QED) is 0.797. The molecule has 0 aliphatic carbocycles. The summed E-state index contributed by atoms with van der Waals surface area (Å²) >= 11 is 3.43. The molecule has 0 unspecified atom stereocenters. The number of hydrogen-bond donors (Lipinski definition) is 1. The Morgan fingerprint density at radius 3 is 2.24 bits per heavy atom. The Hall–Kier alpha value is 0.200. The highest BCUT2D eigenvalue weighted by Crippen LogP contribution is 2.09. The van der Waals surface area contributed by atoms with Crippen molar-refractivity contribution in [2.75, 3.05) is 27.2 Å². The van der Waals surface area contributed by atoms with Crippen LogP contribution in [0.15, 0.2) is 28.7 Å². The van der Waals surface area contributed by atoms with E-state index in [9.17, 15) is 0 Å². The Balaban J connectivity index is 0. The molecule has 0 aliphatic rings. The monoisotopic (exact) mass is 342 g/mol. The van der Waals surface area contributed by atoms with Crippen molar-refractivity contribution >= 4 is 40.7 Å². The molecule has 17 heavy (non-hydrogen) atoms. The van der Waals surface area contributed by atoms with Gasteiger partial charge in [-0.15, -0.1) is 24.8 Å². The lowest BCUT2D eigenvalue weighted by molar-refractivity contribution is 0.394. The maximum absolute atomic E-state index is 3.43. The van der Waals surface area contributed by atoms with Gasteiger partial charge in [0.25, 0.3) is 0 Å². The summed E-state index contributed by atoms with van der Waals surface area (Å²) in [6.07, 6.45) is 1.20. The molecule has 0 bridgehead atoms. The van der Waals surface area contributed by atoms with Gasteiger partial charge in [0, 0.05) is 11.0 Å². The maximum Gasteiger partial charge on any atom is 0.0205 e. The molecular formula is C12H21BrCl2N2. The molecule has 0 aliphatic heterocycles. The van der Waals surface area contributed by atoms with Crippen molar-refractivity contribution in [1.29, 1.82) is 0 Å². The summed E-state index contributed by atoms with van der Waals surface area (Å²) in [5.41, 5.74) is 1.34. The van der Waals surface area contributed by atoms with Crippen LogP contribution in [0, 0.1) is 0 Å². The van der Waals surface area contributed by atoms with E-state index in [2.05, 4.69) is 64.5 Å². The van der Waals surface area contributed by atoms with Crippen molar-refractivity contribution in [1.82, 2.24) is 10.2 Å². The van der Waals surface area contributed by atoms with Gasteiger partial charge < -0.3 is 10.2 Å². The minimum atomic E-state index is 0. The smallest absolute Gasteiger partial charge is 0.0205 e. The third kappa shape index (κ3) is 9.86. The molecule has 100 valence electrons. The van der Waals surface area contributed by atoms with Crippen LogP contribution in [0.4, 0.5) is 0 Å². The Morgan fingerprint density at radius 1 is 1.12 bits per heavy atom. The molecule has 0 radical (unpaired) electrons. The Kier molecular flexibility index (Phi) is 13.0. The normalized spacial score (nSPS) is 9.65. The van der Waals surface area contributed by atoms with E-state index in [1.165, 1.54) is 12.0 Å². The number of rotatable bonds is 6. The zero-order chi connectivity index (χ0) is 11.1. The maximum atomic E-state index is 3.43. The van der Waals surface area contributed by atoms with Gasteiger partial charge in [0.15, 0.2) is 0 Å². The second-order valence-electron chi connectivity index (χ2n) is 3.96. The predicted molar refractivity (Wildman–Crippen MR) is 83.5 cm³/mol. The molecule has 0 saturated carbocycles. The summed E-state index contributed by atoms with van der Waals surface area (Å²) in [4.78, 5) is 2.21. The van der Waals surface area contributed by atoms with Crippen molar-refractivity contribution < 1.29 is 0 Å². The zero-order valence-corrected chi connectivity index (χ0v) is 13.5. The summed E-state index contributed by atoms with van der Waals surface area (Å²) in [6.45, 7) is 3.18. The molecule has 2 nitrogen and oxygen atoms in total. The highest BCUT2D eigenvalue weighted by molar-refractivity contribution is 9.10. The largest absolute Gasteiger partial charge is 0.313 e. The third-order valence-corrected chi connectivity index (χ3v) is 2.73. The summed E-state index contributed by atoms with van der Waals surface area (Å²) in [7, 11) is 4.21. The van der Waals surface area contributed by atoms with E-state index in [0.29, 0.717) is 0 Å². The topological polar surface area (TPSA) is 15.3 Å². The lowest BCUT2D eigenvalue weighted by Gasteiger charge is -2.09. The number of halogens is 3. The van der Waals surface area contributed by atoms with Crippen LogP contribution in [0.2, 0.25) is 0 Å². The van der Waals surface area contributed by atoms with E-state index in [-0.39, 0.29) is 24.8 Å². The Morgan fingerprint density at radius 2 is 1.71 bits per heavy atom. The summed E-state index contributed by atoms with van der Waals surface area (Å²) < 4.78 is 1.14. The molecule has 1 aromatic carbocycles. The van der Waals surface area contributed by atoms with Gasteiger partial charge >= 0.3 is 0 Å². The molecule has 5 heteroatoms. The summed E-state index contributed by atoms with van der Waals surface area (Å²) in [5.74, 6) is 0. The van der Waals surface area contributed by atoms with Crippen LogP contribution in [0.5, 0.6) is 0 Å². The molecule has 0 heterocycles. The second kappa shape index (κ2) is 11.3. The van der Waals surface area contributed by atoms with Gasteiger partial charge in [0.1, 0.15) is 0 Å². The molecular weight excluding hydrogens is 323 g/mol.